The number of rotatable bonds is 6. The van der Waals surface area contributed by atoms with E-state index in [-0.39, 0.29) is 17.5 Å². The molecule has 0 bridgehead atoms. The number of carbonyl (C=O) groups excluding carboxylic acids is 1. The molecule has 0 saturated heterocycles. The van der Waals surface area contributed by atoms with Crippen molar-refractivity contribution in [1.29, 1.82) is 0 Å². The minimum Gasteiger partial charge on any atom is -0.345 e. The van der Waals surface area contributed by atoms with Gasteiger partial charge in [0.15, 0.2) is 5.65 Å². The summed E-state index contributed by atoms with van der Waals surface area (Å²) in [6, 6.07) is 11.9. The Morgan fingerprint density at radius 1 is 1.32 bits per heavy atom. The average molecular weight is 377 g/mol. The third-order valence-electron chi connectivity index (χ3n) is 5.67. The van der Waals surface area contributed by atoms with E-state index in [4.69, 9.17) is 10.7 Å². The normalized spacial score (nSPS) is 16.3. The summed E-state index contributed by atoms with van der Waals surface area (Å²) in [5.41, 5.74) is 8.68. The van der Waals surface area contributed by atoms with Gasteiger partial charge in [0.25, 0.3) is 5.91 Å². The Bertz CT molecular complexity index is 1010. The SMILES string of the molecule is CC(C)n1ncc2c(C(=O)NC(C)(CN)C3CC3)cc(-c3ccccc3)nc21. The topological polar surface area (TPSA) is 85.8 Å². The number of pyridine rings is 1. The molecule has 1 aliphatic carbocycles. The smallest absolute Gasteiger partial charge is 0.252 e. The molecule has 0 aliphatic heterocycles. The second kappa shape index (κ2) is 7.02. The van der Waals surface area contributed by atoms with E-state index in [2.05, 4.69) is 24.3 Å². The van der Waals surface area contributed by atoms with Gasteiger partial charge >= 0.3 is 0 Å². The lowest BCUT2D eigenvalue weighted by Gasteiger charge is -2.29. The lowest BCUT2D eigenvalue weighted by atomic mass is 9.95. The fourth-order valence-electron chi connectivity index (χ4n) is 3.71. The Labute approximate surface area is 165 Å². The maximum atomic E-state index is 13.3. The average Bonchev–Trinajstić information content (AvgIpc) is 3.47. The van der Waals surface area contributed by atoms with Gasteiger partial charge in [0.1, 0.15) is 0 Å². The molecule has 1 fully saturated rings. The number of nitrogens with two attached hydrogens (primary N) is 1. The van der Waals surface area contributed by atoms with Crippen molar-refractivity contribution in [3.63, 3.8) is 0 Å². The summed E-state index contributed by atoms with van der Waals surface area (Å²) in [5.74, 6) is 0.332. The van der Waals surface area contributed by atoms with E-state index in [0.29, 0.717) is 18.0 Å². The van der Waals surface area contributed by atoms with Crippen molar-refractivity contribution < 1.29 is 4.79 Å². The first-order valence-corrected chi connectivity index (χ1v) is 9.89. The van der Waals surface area contributed by atoms with Gasteiger partial charge in [-0.05, 0) is 45.6 Å². The summed E-state index contributed by atoms with van der Waals surface area (Å²) in [5, 5.41) is 8.45. The number of nitrogens with zero attached hydrogens (tertiary/aromatic N) is 3. The van der Waals surface area contributed by atoms with Crippen LogP contribution in [0.15, 0.2) is 42.6 Å². The highest BCUT2D eigenvalue weighted by Crippen LogP contribution is 2.39. The Kier molecular flexibility index (Phi) is 4.67. The minimum absolute atomic E-state index is 0.118. The number of hydrogen-bond donors (Lipinski definition) is 2. The number of aromatic nitrogens is 3. The van der Waals surface area contributed by atoms with Crippen LogP contribution in [-0.2, 0) is 0 Å². The number of amides is 1. The monoisotopic (exact) mass is 377 g/mol. The molecule has 6 nitrogen and oxygen atoms in total. The maximum Gasteiger partial charge on any atom is 0.252 e. The van der Waals surface area contributed by atoms with Crippen LogP contribution in [0, 0.1) is 5.92 Å². The van der Waals surface area contributed by atoms with E-state index in [0.717, 1.165) is 35.1 Å². The summed E-state index contributed by atoms with van der Waals surface area (Å²) in [6.07, 6.45) is 3.96. The first kappa shape index (κ1) is 18.6. The molecular formula is C22H27N5O. The molecule has 2 aromatic heterocycles. The van der Waals surface area contributed by atoms with E-state index >= 15 is 0 Å². The lowest BCUT2D eigenvalue weighted by molar-refractivity contribution is 0.0899. The summed E-state index contributed by atoms with van der Waals surface area (Å²) in [7, 11) is 0. The minimum atomic E-state index is -0.381. The highest BCUT2D eigenvalue weighted by Gasteiger charge is 2.42. The van der Waals surface area contributed by atoms with Crippen LogP contribution in [0.4, 0.5) is 0 Å². The van der Waals surface area contributed by atoms with Gasteiger partial charge in [-0.15, -0.1) is 0 Å². The van der Waals surface area contributed by atoms with Gasteiger partial charge in [-0.25, -0.2) is 9.67 Å². The first-order valence-electron chi connectivity index (χ1n) is 9.89. The summed E-state index contributed by atoms with van der Waals surface area (Å²) >= 11 is 0. The largest absolute Gasteiger partial charge is 0.345 e. The molecule has 0 spiro atoms. The molecule has 3 aromatic rings. The summed E-state index contributed by atoms with van der Waals surface area (Å²) in [4.78, 5) is 18.1. The van der Waals surface area contributed by atoms with E-state index in [1.807, 2.05) is 48.0 Å². The molecule has 0 radical (unpaired) electrons. The molecule has 4 rings (SSSR count). The number of fused-ring (bicyclic) bond motifs is 1. The predicted octanol–water partition coefficient (Wildman–Crippen LogP) is 3.54. The third kappa shape index (κ3) is 3.29. The number of carbonyl (C=O) groups is 1. The molecule has 1 unspecified atom stereocenters. The van der Waals surface area contributed by atoms with Crippen molar-refractivity contribution in [2.45, 2.75) is 45.2 Å². The molecule has 1 aromatic carbocycles. The zero-order chi connectivity index (χ0) is 19.9. The Balaban J connectivity index is 1.83. The molecule has 3 N–H and O–H groups in total. The van der Waals surface area contributed by atoms with E-state index in [1.54, 1.807) is 6.20 Å². The van der Waals surface area contributed by atoms with Crippen molar-refractivity contribution in [1.82, 2.24) is 20.1 Å². The molecular weight excluding hydrogens is 350 g/mol. The van der Waals surface area contributed by atoms with Crippen LogP contribution in [0.25, 0.3) is 22.3 Å². The quantitative estimate of drug-likeness (QED) is 0.688. The van der Waals surface area contributed by atoms with Crippen molar-refractivity contribution in [3.05, 3.63) is 48.2 Å². The van der Waals surface area contributed by atoms with Gasteiger partial charge in [0, 0.05) is 18.2 Å². The Hall–Kier alpha value is -2.73. The Morgan fingerprint density at radius 2 is 2.04 bits per heavy atom. The van der Waals surface area contributed by atoms with Crippen molar-refractivity contribution >= 4 is 16.9 Å². The van der Waals surface area contributed by atoms with Gasteiger partial charge in [0.2, 0.25) is 0 Å². The van der Waals surface area contributed by atoms with Crippen molar-refractivity contribution in [2.24, 2.45) is 11.7 Å². The van der Waals surface area contributed by atoms with Crippen LogP contribution >= 0.6 is 0 Å². The van der Waals surface area contributed by atoms with Gasteiger partial charge in [-0.3, -0.25) is 4.79 Å². The molecule has 28 heavy (non-hydrogen) atoms. The Morgan fingerprint density at radius 3 is 2.64 bits per heavy atom. The molecule has 1 saturated carbocycles. The molecule has 2 heterocycles. The summed E-state index contributed by atoms with van der Waals surface area (Å²) < 4.78 is 1.86. The zero-order valence-electron chi connectivity index (χ0n) is 16.6. The van der Waals surface area contributed by atoms with Crippen LogP contribution in [0.5, 0.6) is 0 Å². The van der Waals surface area contributed by atoms with Gasteiger partial charge in [-0.1, -0.05) is 30.3 Å². The van der Waals surface area contributed by atoms with Crippen LogP contribution in [0.2, 0.25) is 0 Å². The second-order valence-electron chi connectivity index (χ2n) is 8.19. The van der Waals surface area contributed by atoms with Crippen molar-refractivity contribution in [2.75, 3.05) is 6.54 Å². The number of hydrogen-bond acceptors (Lipinski definition) is 4. The van der Waals surface area contributed by atoms with Crippen molar-refractivity contribution in [3.8, 4) is 11.3 Å². The van der Waals surface area contributed by atoms with Gasteiger partial charge in [-0.2, -0.15) is 5.10 Å². The molecule has 146 valence electrons. The molecule has 1 atom stereocenters. The van der Waals surface area contributed by atoms with Crippen LogP contribution in [-0.4, -0.2) is 32.8 Å². The molecule has 6 heteroatoms. The third-order valence-corrected chi connectivity index (χ3v) is 5.67. The predicted molar refractivity (Wildman–Crippen MR) is 111 cm³/mol. The van der Waals surface area contributed by atoms with E-state index in [1.165, 1.54) is 0 Å². The molecule has 1 aliphatic rings. The number of benzene rings is 1. The first-order chi connectivity index (χ1) is 13.4. The number of nitrogens with one attached hydrogen (secondary N) is 1. The van der Waals surface area contributed by atoms with E-state index < -0.39 is 0 Å². The second-order valence-corrected chi connectivity index (χ2v) is 8.19. The zero-order valence-corrected chi connectivity index (χ0v) is 16.6. The standard InChI is InChI=1S/C22H27N5O/c1-14(2)27-20-18(12-24-27)17(11-19(25-20)15-7-5-4-6-8-15)21(28)26-22(3,13-23)16-9-10-16/h4-8,11-12,14,16H,9-10,13,23H2,1-3H3,(H,26,28). The van der Waals surface area contributed by atoms with Gasteiger partial charge in [0.05, 0.1) is 28.4 Å². The lowest BCUT2D eigenvalue weighted by Crippen LogP contribution is -2.53. The fourth-order valence-corrected chi connectivity index (χ4v) is 3.71. The van der Waals surface area contributed by atoms with Crippen LogP contribution in [0.1, 0.15) is 50.0 Å². The maximum absolute atomic E-state index is 13.3. The molecule has 1 amide bonds. The van der Waals surface area contributed by atoms with Crippen LogP contribution < -0.4 is 11.1 Å². The van der Waals surface area contributed by atoms with E-state index in [9.17, 15) is 4.79 Å². The summed E-state index contributed by atoms with van der Waals surface area (Å²) in [6.45, 7) is 6.58. The highest BCUT2D eigenvalue weighted by atomic mass is 16.1. The fraction of sp³-hybridized carbons (Fsp3) is 0.409. The van der Waals surface area contributed by atoms with Crippen LogP contribution in [0.3, 0.4) is 0 Å². The highest BCUT2D eigenvalue weighted by molar-refractivity contribution is 6.06. The van der Waals surface area contributed by atoms with Gasteiger partial charge < -0.3 is 11.1 Å².